The molecule has 1 aromatic heterocycles. The lowest BCUT2D eigenvalue weighted by Gasteiger charge is -2.08. The number of rotatable bonds is 2. The summed E-state index contributed by atoms with van der Waals surface area (Å²) in [7, 11) is 0. The Kier molecular flexibility index (Phi) is 1.99. The maximum atomic E-state index is 5.33. The minimum Gasteiger partial charge on any atom is -0.381 e. The summed E-state index contributed by atoms with van der Waals surface area (Å²) < 4.78 is 6.37. The first-order valence-electron chi connectivity index (χ1n) is 4.81. The molecule has 2 heterocycles. The Morgan fingerprint density at radius 2 is 2.21 bits per heavy atom. The van der Waals surface area contributed by atoms with E-state index in [1.54, 1.807) is 0 Å². The van der Waals surface area contributed by atoms with E-state index in [1.165, 1.54) is 0 Å². The highest BCUT2D eigenvalue weighted by atomic mass is 79.9. The Morgan fingerprint density at radius 3 is 2.93 bits per heavy atom. The lowest BCUT2D eigenvalue weighted by Crippen LogP contribution is -2.13. The van der Waals surface area contributed by atoms with E-state index in [-0.39, 0.29) is 0 Å². The SMILES string of the molecule is Brc1cccnc1NC1[C@H]2COC[C@@H]12. The number of aromatic nitrogens is 1. The number of halogens is 1. The van der Waals surface area contributed by atoms with Gasteiger partial charge in [0.1, 0.15) is 5.82 Å². The molecule has 4 heteroatoms. The fourth-order valence-corrected chi connectivity index (χ4v) is 2.47. The minimum atomic E-state index is 0.579. The zero-order valence-corrected chi connectivity index (χ0v) is 9.20. The second-order valence-corrected chi connectivity index (χ2v) is 4.72. The molecule has 2 fully saturated rings. The van der Waals surface area contributed by atoms with Crippen LogP contribution < -0.4 is 5.32 Å². The van der Waals surface area contributed by atoms with Crippen molar-refractivity contribution in [1.29, 1.82) is 0 Å². The first kappa shape index (κ1) is 8.68. The summed E-state index contributed by atoms with van der Waals surface area (Å²) in [5, 5.41) is 3.45. The van der Waals surface area contributed by atoms with E-state index in [0.29, 0.717) is 17.9 Å². The van der Waals surface area contributed by atoms with Crippen LogP contribution in [0.3, 0.4) is 0 Å². The molecule has 1 saturated carbocycles. The van der Waals surface area contributed by atoms with Gasteiger partial charge in [0.15, 0.2) is 0 Å². The van der Waals surface area contributed by atoms with Crippen LogP contribution in [0.5, 0.6) is 0 Å². The molecule has 0 spiro atoms. The monoisotopic (exact) mass is 254 g/mol. The first-order valence-corrected chi connectivity index (χ1v) is 5.60. The molecular weight excluding hydrogens is 244 g/mol. The molecule has 2 aliphatic rings. The van der Waals surface area contributed by atoms with Crippen molar-refractivity contribution >= 4 is 21.7 Å². The second kappa shape index (κ2) is 3.21. The highest BCUT2D eigenvalue weighted by molar-refractivity contribution is 9.10. The molecule has 3 rings (SSSR count). The second-order valence-electron chi connectivity index (χ2n) is 3.87. The van der Waals surface area contributed by atoms with Crippen molar-refractivity contribution in [3.63, 3.8) is 0 Å². The normalized spacial score (nSPS) is 33.9. The molecule has 14 heavy (non-hydrogen) atoms. The third kappa shape index (κ3) is 1.33. The Balaban J connectivity index is 1.71. The van der Waals surface area contributed by atoms with Crippen molar-refractivity contribution in [3.05, 3.63) is 22.8 Å². The predicted molar refractivity (Wildman–Crippen MR) is 57.1 cm³/mol. The van der Waals surface area contributed by atoms with E-state index in [2.05, 4.69) is 26.2 Å². The van der Waals surface area contributed by atoms with Crippen LogP contribution >= 0.6 is 15.9 Å². The molecule has 3 nitrogen and oxygen atoms in total. The summed E-state index contributed by atoms with van der Waals surface area (Å²) in [4.78, 5) is 4.29. The van der Waals surface area contributed by atoms with Crippen LogP contribution in [0.4, 0.5) is 5.82 Å². The van der Waals surface area contributed by atoms with E-state index in [4.69, 9.17) is 4.74 Å². The lowest BCUT2D eigenvalue weighted by molar-refractivity contribution is 0.162. The highest BCUT2D eigenvalue weighted by Crippen LogP contribution is 2.46. The van der Waals surface area contributed by atoms with E-state index in [0.717, 1.165) is 23.5 Å². The van der Waals surface area contributed by atoms with Crippen molar-refractivity contribution in [2.75, 3.05) is 18.5 Å². The van der Waals surface area contributed by atoms with Crippen molar-refractivity contribution in [2.45, 2.75) is 6.04 Å². The fourth-order valence-electron chi connectivity index (χ4n) is 2.10. The Bertz CT molecular complexity index is 348. The van der Waals surface area contributed by atoms with Gasteiger partial charge in [-0.05, 0) is 28.1 Å². The smallest absolute Gasteiger partial charge is 0.140 e. The van der Waals surface area contributed by atoms with Crippen LogP contribution in [-0.4, -0.2) is 24.2 Å². The van der Waals surface area contributed by atoms with Crippen molar-refractivity contribution in [2.24, 2.45) is 11.8 Å². The maximum Gasteiger partial charge on any atom is 0.140 e. The summed E-state index contributed by atoms with van der Waals surface area (Å²) in [5.74, 6) is 2.37. The van der Waals surface area contributed by atoms with Crippen LogP contribution in [0.15, 0.2) is 22.8 Å². The standard InChI is InChI=1S/C10H11BrN2O/c11-8-2-1-3-12-10(8)13-9-6-4-14-5-7(6)9/h1-3,6-7,9H,4-5H2,(H,12,13)/t6-,7+,9?. The summed E-state index contributed by atoms with van der Waals surface area (Å²) in [6, 6.07) is 4.51. The number of ether oxygens (including phenoxy) is 1. The van der Waals surface area contributed by atoms with E-state index in [1.807, 2.05) is 18.3 Å². The van der Waals surface area contributed by atoms with Gasteiger partial charge in [0.2, 0.25) is 0 Å². The zero-order chi connectivity index (χ0) is 9.54. The van der Waals surface area contributed by atoms with Crippen LogP contribution in [-0.2, 0) is 4.74 Å². The highest BCUT2D eigenvalue weighted by Gasteiger charge is 2.54. The van der Waals surface area contributed by atoms with Gasteiger partial charge in [0.05, 0.1) is 17.7 Å². The molecule has 0 amide bonds. The van der Waals surface area contributed by atoms with Gasteiger partial charge in [0.25, 0.3) is 0 Å². The van der Waals surface area contributed by atoms with Crippen LogP contribution in [0.25, 0.3) is 0 Å². The van der Waals surface area contributed by atoms with Gasteiger partial charge >= 0.3 is 0 Å². The Hall–Kier alpha value is -0.610. The van der Waals surface area contributed by atoms with Gasteiger partial charge in [-0.3, -0.25) is 0 Å². The van der Waals surface area contributed by atoms with Crippen molar-refractivity contribution < 1.29 is 4.74 Å². The molecule has 1 N–H and O–H groups in total. The van der Waals surface area contributed by atoms with Crippen LogP contribution in [0, 0.1) is 11.8 Å². The molecule has 1 saturated heterocycles. The van der Waals surface area contributed by atoms with Gasteiger partial charge in [-0.25, -0.2) is 4.98 Å². The Morgan fingerprint density at radius 1 is 1.43 bits per heavy atom. The first-order chi connectivity index (χ1) is 6.86. The van der Waals surface area contributed by atoms with Gasteiger partial charge in [0, 0.05) is 24.1 Å². The number of pyridine rings is 1. The summed E-state index contributed by atoms with van der Waals surface area (Å²) in [6.45, 7) is 1.82. The maximum absolute atomic E-state index is 5.33. The Labute approximate surface area is 91.0 Å². The van der Waals surface area contributed by atoms with Gasteiger partial charge in [-0.15, -0.1) is 0 Å². The van der Waals surface area contributed by atoms with Crippen molar-refractivity contribution in [3.8, 4) is 0 Å². The topological polar surface area (TPSA) is 34.2 Å². The fraction of sp³-hybridized carbons (Fsp3) is 0.500. The average Bonchev–Trinajstić information content (AvgIpc) is 2.64. The molecule has 0 bridgehead atoms. The molecule has 0 aromatic carbocycles. The largest absolute Gasteiger partial charge is 0.381 e. The summed E-state index contributed by atoms with van der Waals surface area (Å²) >= 11 is 3.48. The van der Waals surface area contributed by atoms with Crippen LogP contribution in [0.1, 0.15) is 0 Å². The number of anilines is 1. The minimum absolute atomic E-state index is 0.579. The summed E-state index contributed by atoms with van der Waals surface area (Å²) in [5.41, 5.74) is 0. The lowest BCUT2D eigenvalue weighted by atomic mass is 10.4. The number of nitrogens with zero attached hydrogens (tertiary/aromatic N) is 1. The number of nitrogens with one attached hydrogen (secondary N) is 1. The number of hydrogen-bond donors (Lipinski definition) is 1. The molecule has 1 aromatic rings. The molecule has 1 unspecified atom stereocenters. The van der Waals surface area contributed by atoms with Gasteiger partial charge in [-0.2, -0.15) is 0 Å². The van der Waals surface area contributed by atoms with E-state index < -0.39 is 0 Å². The quantitative estimate of drug-likeness (QED) is 0.876. The van der Waals surface area contributed by atoms with E-state index >= 15 is 0 Å². The zero-order valence-electron chi connectivity index (χ0n) is 7.61. The molecule has 74 valence electrons. The van der Waals surface area contributed by atoms with Gasteiger partial charge in [-0.1, -0.05) is 0 Å². The molecule has 3 atom stereocenters. The third-order valence-corrected chi connectivity index (χ3v) is 3.65. The third-order valence-electron chi connectivity index (χ3n) is 3.01. The van der Waals surface area contributed by atoms with Crippen LogP contribution in [0.2, 0.25) is 0 Å². The number of fused-ring (bicyclic) bond motifs is 1. The molecule has 1 aliphatic carbocycles. The van der Waals surface area contributed by atoms with Gasteiger partial charge < -0.3 is 10.1 Å². The molecular formula is C10H11BrN2O. The van der Waals surface area contributed by atoms with Crippen molar-refractivity contribution in [1.82, 2.24) is 4.98 Å². The molecule has 1 aliphatic heterocycles. The van der Waals surface area contributed by atoms with E-state index in [9.17, 15) is 0 Å². The summed E-state index contributed by atoms with van der Waals surface area (Å²) in [6.07, 6.45) is 1.81. The average molecular weight is 255 g/mol. The predicted octanol–water partition coefficient (Wildman–Crippen LogP) is 1.90. The molecule has 0 radical (unpaired) electrons. The number of hydrogen-bond acceptors (Lipinski definition) is 3.